The number of nitrogens with one attached hydrogen (secondary N) is 1. The Morgan fingerprint density at radius 2 is 1.90 bits per heavy atom. The molecule has 3 aromatic heterocycles. The Bertz CT molecular complexity index is 1640. The van der Waals surface area contributed by atoms with E-state index in [-0.39, 0.29) is 23.7 Å². The lowest BCUT2D eigenvalue weighted by atomic mass is 10.1. The maximum absolute atomic E-state index is 13.2. The SMILES string of the molecule is C=CCn1c(=O)c2cnc(Nc3cc(C)c(N4CCN(C)CC4)c(Cl)c3)nc2n1-c1ccc(=O)n(C(C)C)n1. The van der Waals surface area contributed by atoms with E-state index in [4.69, 9.17) is 11.6 Å². The zero-order valence-electron chi connectivity index (χ0n) is 22.6. The number of nitrogens with zero attached hydrogens (tertiary/aromatic N) is 8. The molecule has 0 aliphatic carbocycles. The fourth-order valence-electron chi connectivity index (χ4n) is 4.87. The van der Waals surface area contributed by atoms with Crippen LogP contribution < -0.4 is 21.3 Å². The predicted octanol–water partition coefficient (Wildman–Crippen LogP) is 3.36. The Morgan fingerprint density at radius 1 is 1.15 bits per heavy atom. The first-order valence-electron chi connectivity index (χ1n) is 12.9. The standard InChI is InChI=1S/C27H32ClN9O2/c1-6-9-35-26(39)20-16-29-27(31-25(20)37(35)22-7-8-23(38)36(32-22)17(2)3)30-19-14-18(4)24(21(28)15-19)34-12-10-33(5)11-13-34/h6-8,14-17H,1,9-13H2,2-5H3,(H,29,30,31). The third kappa shape index (κ3) is 5.07. The first kappa shape index (κ1) is 26.6. The van der Waals surface area contributed by atoms with Gasteiger partial charge in [0.15, 0.2) is 11.5 Å². The van der Waals surface area contributed by atoms with Crippen LogP contribution in [0.25, 0.3) is 16.9 Å². The second-order valence-electron chi connectivity index (χ2n) is 10.0. The number of hydrogen-bond acceptors (Lipinski definition) is 8. The van der Waals surface area contributed by atoms with Crippen molar-refractivity contribution in [2.24, 2.45) is 0 Å². The first-order chi connectivity index (χ1) is 18.7. The molecule has 0 spiro atoms. The molecule has 0 atom stereocenters. The summed E-state index contributed by atoms with van der Waals surface area (Å²) in [6, 6.07) is 6.74. The molecule has 0 radical (unpaired) electrons. The van der Waals surface area contributed by atoms with E-state index in [1.165, 1.54) is 21.6 Å². The van der Waals surface area contributed by atoms with E-state index < -0.39 is 0 Å². The first-order valence-corrected chi connectivity index (χ1v) is 13.3. The Labute approximate surface area is 230 Å². The Kier molecular flexibility index (Phi) is 7.28. The van der Waals surface area contributed by atoms with Crippen LogP contribution in [0.2, 0.25) is 5.02 Å². The van der Waals surface area contributed by atoms with E-state index in [0.29, 0.717) is 27.8 Å². The minimum absolute atomic E-state index is 0.160. The van der Waals surface area contributed by atoms with Gasteiger partial charge in [0.25, 0.3) is 11.1 Å². The van der Waals surface area contributed by atoms with Crippen LogP contribution in [0.4, 0.5) is 17.3 Å². The lowest BCUT2D eigenvalue weighted by Crippen LogP contribution is -2.44. The van der Waals surface area contributed by atoms with E-state index in [9.17, 15) is 9.59 Å². The molecule has 12 heteroatoms. The monoisotopic (exact) mass is 549 g/mol. The highest BCUT2D eigenvalue weighted by Gasteiger charge is 2.21. The molecule has 1 saturated heterocycles. The van der Waals surface area contributed by atoms with Gasteiger partial charge in [0, 0.05) is 44.1 Å². The van der Waals surface area contributed by atoms with Gasteiger partial charge in [-0.25, -0.2) is 19.0 Å². The highest BCUT2D eigenvalue weighted by atomic mass is 35.5. The van der Waals surface area contributed by atoms with Crippen molar-refractivity contribution in [3.63, 3.8) is 0 Å². The van der Waals surface area contributed by atoms with Crippen LogP contribution in [0.1, 0.15) is 25.5 Å². The molecule has 0 saturated carbocycles. The van der Waals surface area contributed by atoms with Gasteiger partial charge in [-0.15, -0.1) is 11.7 Å². The summed E-state index contributed by atoms with van der Waals surface area (Å²) in [7, 11) is 2.12. The van der Waals surface area contributed by atoms with E-state index in [1.54, 1.807) is 16.8 Å². The normalized spacial score (nSPS) is 14.4. The summed E-state index contributed by atoms with van der Waals surface area (Å²) >= 11 is 6.75. The van der Waals surface area contributed by atoms with Crippen molar-refractivity contribution in [2.75, 3.05) is 43.4 Å². The lowest BCUT2D eigenvalue weighted by molar-refractivity contribution is 0.312. The van der Waals surface area contributed by atoms with Gasteiger partial charge in [-0.3, -0.25) is 9.59 Å². The van der Waals surface area contributed by atoms with Crippen LogP contribution in [0.5, 0.6) is 0 Å². The fraction of sp³-hybridized carbons (Fsp3) is 0.370. The molecular weight excluding hydrogens is 518 g/mol. The van der Waals surface area contributed by atoms with Gasteiger partial charge in [-0.1, -0.05) is 17.7 Å². The van der Waals surface area contributed by atoms with Crippen molar-refractivity contribution in [1.29, 1.82) is 0 Å². The average molecular weight is 550 g/mol. The molecule has 4 heterocycles. The van der Waals surface area contributed by atoms with Crippen LogP contribution in [0.3, 0.4) is 0 Å². The number of likely N-dealkylation sites (N-methyl/N-ethyl adjacent to an activating group) is 1. The topological polar surface area (TPSA) is 106 Å². The predicted molar refractivity (Wildman–Crippen MR) is 155 cm³/mol. The molecular formula is C27H32ClN9O2. The Balaban J connectivity index is 1.56. The maximum atomic E-state index is 13.2. The Morgan fingerprint density at radius 3 is 2.56 bits per heavy atom. The van der Waals surface area contributed by atoms with Gasteiger partial charge in [-0.05, 0) is 51.6 Å². The number of anilines is 3. The van der Waals surface area contributed by atoms with Gasteiger partial charge in [-0.2, -0.15) is 4.98 Å². The molecule has 11 nitrogen and oxygen atoms in total. The molecule has 1 aromatic carbocycles. The van der Waals surface area contributed by atoms with E-state index in [1.807, 2.05) is 32.9 Å². The van der Waals surface area contributed by atoms with Crippen molar-refractivity contribution < 1.29 is 0 Å². The lowest BCUT2D eigenvalue weighted by Gasteiger charge is -2.35. The average Bonchev–Trinajstić information content (AvgIpc) is 3.16. The van der Waals surface area contributed by atoms with E-state index in [0.717, 1.165) is 43.1 Å². The number of allylic oxidation sites excluding steroid dienone is 1. The number of benzene rings is 1. The molecule has 1 aliphatic rings. The van der Waals surface area contributed by atoms with Crippen molar-refractivity contribution in [2.45, 2.75) is 33.4 Å². The summed E-state index contributed by atoms with van der Waals surface area (Å²) in [5, 5.41) is 8.73. The summed E-state index contributed by atoms with van der Waals surface area (Å²) in [6.45, 7) is 13.6. The fourth-order valence-corrected chi connectivity index (χ4v) is 5.26. The smallest absolute Gasteiger partial charge is 0.278 e. The molecule has 4 aromatic rings. The van der Waals surface area contributed by atoms with Crippen LogP contribution in [0, 0.1) is 6.92 Å². The van der Waals surface area contributed by atoms with Crippen LogP contribution in [-0.4, -0.2) is 67.2 Å². The van der Waals surface area contributed by atoms with Gasteiger partial charge in [0.1, 0.15) is 5.39 Å². The second-order valence-corrected chi connectivity index (χ2v) is 10.4. The van der Waals surface area contributed by atoms with Gasteiger partial charge >= 0.3 is 0 Å². The summed E-state index contributed by atoms with van der Waals surface area (Å²) in [5.74, 6) is 0.685. The van der Waals surface area contributed by atoms with Crippen molar-refractivity contribution in [3.8, 4) is 5.82 Å². The van der Waals surface area contributed by atoms with Crippen LogP contribution in [0.15, 0.2) is 52.7 Å². The number of fused-ring (bicyclic) bond motifs is 1. The molecule has 1 N–H and O–H groups in total. The third-order valence-electron chi connectivity index (χ3n) is 6.82. The molecule has 0 unspecified atom stereocenters. The highest BCUT2D eigenvalue weighted by Crippen LogP contribution is 2.34. The van der Waals surface area contributed by atoms with Gasteiger partial charge in [0.05, 0.1) is 23.3 Å². The zero-order valence-corrected chi connectivity index (χ0v) is 23.3. The number of piperazine rings is 1. The number of aryl methyl sites for hydroxylation is 1. The molecule has 204 valence electrons. The molecule has 39 heavy (non-hydrogen) atoms. The van der Waals surface area contributed by atoms with Crippen LogP contribution >= 0.6 is 11.6 Å². The minimum Gasteiger partial charge on any atom is -0.368 e. The number of hydrogen-bond donors (Lipinski definition) is 1. The maximum Gasteiger partial charge on any atom is 0.278 e. The summed E-state index contributed by atoms with van der Waals surface area (Å²) in [6.07, 6.45) is 3.11. The largest absolute Gasteiger partial charge is 0.368 e. The molecule has 0 amide bonds. The summed E-state index contributed by atoms with van der Waals surface area (Å²) in [4.78, 5) is 39.3. The summed E-state index contributed by atoms with van der Waals surface area (Å²) < 4.78 is 4.44. The molecule has 0 bridgehead atoms. The van der Waals surface area contributed by atoms with Crippen LogP contribution in [-0.2, 0) is 6.54 Å². The Hall–Kier alpha value is -3.96. The third-order valence-corrected chi connectivity index (χ3v) is 7.11. The molecule has 5 rings (SSSR count). The van der Waals surface area contributed by atoms with Crippen molar-refractivity contribution in [3.05, 3.63) is 74.4 Å². The zero-order chi connectivity index (χ0) is 27.8. The van der Waals surface area contributed by atoms with Gasteiger partial charge < -0.3 is 15.1 Å². The number of rotatable bonds is 7. The van der Waals surface area contributed by atoms with Crippen molar-refractivity contribution in [1.82, 2.24) is 34.0 Å². The second kappa shape index (κ2) is 10.7. The van der Waals surface area contributed by atoms with Gasteiger partial charge in [0.2, 0.25) is 5.95 Å². The quantitative estimate of drug-likeness (QED) is 0.350. The van der Waals surface area contributed by atoms with Crippen molar-refractivity contribution >= 4 is 40.0 Å². The van der Waals surface area contributed by atoms with E-state index >= 15 is 0 Å². The minimum atomic E-state index is -0.282. The molecule has 1 fully saturated rings. The number of halogens is 1. The van der Waals surface area contributed by atoms with E-state index in [2.05, 4.69) is 43.8 Å². The number of aromatic nitrogens is 6. The molecule has 1 aliphatic heterocycles. The highest BCUT2D eigenvalue weighted by molar-refractivity contribution is 6.33. The summed E-state index contributed by atoms with van der Waals surface area (Å²) in [5.41, 5.74) is 2.67.